The smallest absolute Gasteiger partial charge is 0.0309 e. The van der Waals surface area contributed by atoms with Gasteiger partial charge in [-0.25, -0.2) is 0 Å². The maximum Gasteiger partial charge on any atom is 0.0309 e. The van der Waals surface area contributed by atoms with Crippen molar-refractivity contribution in [2.45, 2.75) is 63.5 Å². The lowest BCUT2D eigenvalue weighted by atomic mass is 9.79. The molecule has 2 fully saturated rings. The second kappa shape index (κ2) is 7.16. The summed E-state index contributed by atoms with van der Waals surface area (Å²) in [7, 11) is 0. The molecule has 106 valence electrons. The van der Waals surface area contributed by atoms with Crippen LogP contribution < -0.4 is 5.32 Å². The number of piperazine rings is 1. The molecule has 1 atom stereocenters. The summed E-state index contributed by atoms with van der Waals surface area (Å²) in [6.07, 6.45) is 12.0. The fraction of sp³-hybridized carbons (Fsp3) is 1.00. The van der Waals surface area contributed by atoms with Crippen LogP contribution in [0.4, 0.5) is 0 Å². The summed E-state index contributed by atoms with van der Waals surface area (Å²) in [5.41, 5.74) is 0.475. The van der Waals surface area contributed by atoms with Crippen LogP contribution in [0.25, 0.3) is 0 Å². The van der Waals surface area contributed by atoms with Crippen molar-refractivity contribution in [1.29, 1.82) is 0 Å². The molecule has 0 aromatic heterocycles. The van der Waals surface area contributed by atoms with Crippen LogP contribution in [0, 0.1) is 0 Å². The van der Waals surface area contributed by atoms with Crippen molar-refractivity contribution in [1.82, 2.24) is 10.2 Å². The van der Waals surface area contributed by atoms with E-state index in [0.29, 0.717) is 5.54 Å². The molecule has 1 aliphatic heterocycles. The summed E-state index contributed by atoms with van der Waals surface area (Å²) in [5.74, 6) is 1.31. The van der Waals surface area contributed by atoms with Crippen LogP contribution in [0.5, 0.6) is 0 Å². The Kier molecular flexibility index (Phi) is 5.84. The Balaban J connectivity index is 1.90. The second-order valence-electron chi connectivity index (χ2n) is 6.10. The molecule has 2 rings (SSSR count). The molecule has 18 heavy (non-hydrogen) atoms. The third-order valence-electron chi connectivity index (χ3n) is 4.81. The minimum atomic E-state index is 0.475. The zero-order valence-electron chi connectivity index (χ0n) is 12.2. The molecule has 1 saturated carbocycles. The van der Waals surface area contributed by atoms with Gasteiger partial charge in [0.15, 0.2) is 0 Å². The first-order valence-electron chi connectivity index (χ1n) is 7.78. The lowest BCUT2D eigenvalue weighted by molar-refractivity contribution is 0.0544. The molecular weight excluding hydrogens is 240 g/mol. The minimum Gasteiger partial charge on any atom is -0.308 e. The third-order valence-corrected chi connectivity index (χ3v) is 5.51. The molecule has 0 bridgehead atoms. The summed E-state index contributed by atoms with van der Waals surface area (Å²) < 4.78 is 0. The van der Waals surface area contributed by atoms with Gasteiger partial charge < -0.3 is 5.32 Å². The van der Waals surface area contributed by atoms with Crippen LogP contribution >= 0.6 is 11.8 Å². The summed E-state index contributed by atoms with van der Waals surface area (Å²) in [6, 6.07) is 0.777. The highest BCUT2D eigenvalue weighted by Crippen LogP contribution is 2.32. The van der Waals surface area contributed by atoms with Crippen molar-refractivity contribution in [2.24, 2.45) is 0 Å². The molecule has 2 aliphatic rings. The van der Waals surface area contributed by atoms with Gasteiger partial charge in [0.05, 0.1) is 0 Å². The van der Waals surface area contributed by atoms with E-state index in [2.05, 4.69) is 23.4 Å². The predicted molar refractivity (Wildman–Crippen MR) is 82.5 cm³/mol. The summed E-state index contributed by atoms with van der Waals surface area (Å²) >= 11 is 1.98. The maximum atomic E-state index is 3.91. The maximum absolute atomic E-state index is 3.91. The van der Waals surface area contributed by atoms with Crippen molar-refractivity contribution in [3.05, 3.63) is 0 Å². The van der Waals surface area contributed by atoms with Gasteiger partial charge in [-0.3, -0.25) is 4.90 Å². The van der Waals surface area contributed by atoms with E-state index in [9.17, 15) is 0 Å². The average Bonchev–Trinajstić information content (AvgIpc) is 2.40. The Bertz CT molecular complexity index is 239. The molecule has 0 radical (unpaired) electrons. The van der Waals surface area contributed by atoms with E-state index in [1.807, 2.05) is 11.8 Å². The highest BCUT2D eigenvalue weighted by Gasteiger charge is 2.38. The van der Waals surface area contributed by atoms with Gasteiger partial charge in [-0.1, -0.05) is 26.2 Å². The molecular formula is C15H30N2S. The molecule has 1 N–H and O–H groups in total. The Morgan fingerprint density at radius 1 is 1.28 bits per heavy atom. The van der Waals surface area contributed by atoms with Crippen LogP contribution in [0.1, 0.15) is 51.9 Å². The summed E-state index contributed by atoms with van der Waals surface area (Å²) in [5, 5.41) is 3.91. The van der Waals surface area contributed by atoms with Crippen molar-refractivity contribution in [3.63, 3.8) is 0 Å². The van der Waals surface area contributed by atoms with Crippen molar-refractivity contribution < 1.29 is 0 Å². The van der Waals surface area contributed by atoms with Gasteiger partial charge in [-0.2, -0.15) is 11.8 Å². The van der Waals surface area contributed by atoms with Crippen LogP contribution in [-0.2, 0) is 0 Å². The fourth-order valence-corrected chi connectivity index (χ4v) is 4.09. The molecule has 1 heterocycles. The van der Waals surface area contributed by atoms with E-state index in [0.717, 1.165) is 6.04 Å². The monoisotopic (exact) mass is 270 g/mol. The van der Waals surface area contributed by atoms with E-state index in [1.165, 1.54) is 70.3 Å². The van der Waals surface area contributed by atoms with E-state index >= 15 is 0 Å². The lowest BCUT2D eigenvalue weighted by Crippen LogP contribution is -2.64. The van der Waals surface area contributed by atoms with Gasteiger partial charge >= 0.3 is 0 Å². The first-order valence-corrected chi connectivity index (χ1v) is 9.17. The van der Waals surface area contributed by atoms with E-state index in [-0.39, 0.29) is 0 Å². The van der Waals surface area contributed by atoms with Crippen LogP contribution in [-0.4, -0.2) is 48.1 Å². The van der Waals surface area contributed by atoms with E-state index < -0.39 is 0 Å². The number of hydrogen-bond acceptors (Lipinski definition) is 3. The van der Waals surface area contributed by atoms with Gasteiger partial charge in [-0.05, 0) is 44.2 Å². The van der Waals surface area contributed by atoms with Gasteiger partial charge in [0.25, 0.3) is 0 Å². The molecule has 1 aliphatic carbocycles. The van der Waals surface area contributed by atoms with Gasteiger partial charge in [-0.15, -0.1) is 0 Å². The molecule has 3 heteroatoms. The highest BCUT2D eigenvalue weighted by atomic mass is 32.2. The van der Waals surface area contributed by atoms with Gasteiger partial charge in [0.2, 0.25) is 0 Å². The number of nitrogens with one attached hydrogen (secondary N) is 1. The molecule has 0 aromatic carbocycles. The highest BCUT2D eigenvalue weighted by molar-refractivity contribution is 7.98. The zero-order chi connectivity index (χ0) is 12.8. The molecule has 0 amide bonds. The molecule has 1 unspecified atom stereocenters. The summed E-state index contributed by atoms with van der Waals surface area (Å²) in [6.45, 7) is 6.17. The van der Waals surface area contributed by atoms with E-state index in [1.54, 1.807) is 0 Å². The number of thioether (sulfide) groups is 1. The fourth-order valence-electron chi connectivity index (χ4n) is 3.68. The van der Waals surface area contributed by atoms with Crippen molar-refractivity contribution >= 4 is 11.8 Å². The largest absolute Gasteiger partial charge is 0.308 e. The third kappa shape index (κ3) is 3.64. The first-order chi connectivity index (χ1) is 8.79. The average molecular weight is 270 g/mol. The van der Waals surface area contributed by atoms with Crippen molar-refractivity contribution in [3.8, 4) is 0 Å². The lowest BCUT2D eigenvalue weighted by Gasteiger charge is -2.49. The number of rotatable bonds is 5. The SMILES string of the molecule is CCC1CNC2(CCCCC2)CN1CCCSC. The quantitative estimate of drug-likeness (QED) is 0.773. The Hall–Kier alpha value is 0.270. The topological polar surface area (TPSA) is 15.3 Å². The Morgan fingerprint density at radius 3 is 2.72 bits per heavy atom. The second-order valence-corrected chi connectivity index (χ2v) is 7.09. The molecule has 1 saturated heterocycles. The minimum absolute atomic E-state index is 0.475. The Labute approximate surface area is 117 Å². The van der Waals surface area contributed by atoms with Crippen LogP contribution in [0.2, 0.25) is 0 Å². The first kappa shape index (κ1) is 14.7. The van der Waals surface area contributed by atoms with Crippen LogP contribution in [0.3, 0.4) is 0 Å². The Morgan fingerprint density at radius 2 is 2.06 bits per heavy atom. The zero-order valence-corrected chi connectivity index (χ0v) is 13.0. The van der Waals surface area contributed by atoms with Crippen molar-refractivity contribution in [2.75, 3.05) is 31.6 Å². The summed E-state index contributed by atoms with van der Waals surface area (Å²) in [4.78, 5) is 2.79. The number of hydrogen-bond donors (Lipinski definition) is 1. The van der Waals surface area contributed by atoms with Gasteiger partial charge in [0, 0.05) is 24.7 Å². The van der Waals surface area contributed by atoms with E-state index in [4.69, 9.17) is 0 Å². The molecule has 1 spiro atoms. The predicted octanol–water partition coefficient (Wildman–Crippen LogP) is 3.13. The molecule has 0 aromatic rings. The standard InChI is InChI=1S/C15H30N2S/c1-3-14-12-16-15(8-5-4-6-9-15)13-17(14)10-7-11-18-2/h14,16H,3-13H2,1-2H3. The molecule has 2 nitrogen and oxygen atoms in total. The number of nitrogens with zero attached hydrogens (tertiary/aromatic N) is 1. The van der Waals surface area contributed by atoms with Gasteiger partial charge in [0.1, 0.15) is 0 Å². The van der Waals surface area contributed by atoms with Crippen LogP contribution in [0.15, 0.2) is 0 Å². The normalized spacial score (nSPS) is 28.7.